The van der Waals surface area contributed by atoms with E-state index in [0.29, 0.717) is 16.1 Å². The molecule has 0 aliphatic carbocycles. The van der Waals surface area contributed by atoms with E-state index in [1.165, 1.54) is 0 Å². The summed E-state index contributed by atoms with van der Waals surface area (Å²) in [5.41, 5.74) is 5.45. The molecule has 0 radical (unpaired) electrons. The minimum absolute atomic E-state index is 0.421. The van der Waals surface area contributed by atoms with Crippen molar-refractivity contribution in [3.63, 3.8) is 0 Å². The lowest BCUT2D eigenvalue weighted by Gasteiger charge is -2.18. The zero-order chi connectivity index (χ0) is 19.4. The summed E-state index contributed by atoms with van der Waals surface area (Å²) >= 11 is 12.2. The Labute approximate surface area is 173 Å². The molecule has 0 spiro atoms. The Morgan fingerprint density at radius 3 is 2.70 bits per heavy atom. The van der Waals surface area contributed by atoms with Crippen molar-refractivity contribution in [2.45, 2.75) is 38.6 Å². The fourth-order valence-electron chi connectivity index (χ4n) is 2.96. The van der Waals surface area contributed by atoms with Gasteiger partial charge in [0, 0.05) is 47.5 Å². The molecule has 2 heterocycles. The van der Waals surface area contributed by atoms with Crippen LogP contribution in [0.5, 0.6) is 0 Å². The second kappa shape index (κ2) is 8.66. The van der Waals surface area contributed by atoms with E-state index in [9.17, 15) is 0 Å². The molecule has 0 unspecified atom stereocenters. The highest BCUT2D eigenvalue weighted by Gasteiger charge is 2.23. The maximum Gasteiger partial charge on any atom is 0.129 e. The van der Waals surface area contributed by atoms with Crippen LogP contribution in [0.1, 0.15) is 17.5 Å². The third-order valence-electron chi connectivity index (χ3n) is 4.44. The molecular formula is C21H25Cl2N3Si. The number of halogens is 2. The van der Waals surface area contributed by atoms with Crippen molar-refractivity contribution in [3.8, 4) is 11.5 Å². The van der Waals surface area contributed by atoms with Crippen molar-refractivity contribution in [1.29, 1.82) is 0 Å². The van der Waals surface area contributed by atoms with E-state index >= 15 is 0 Å². The molecule has 1 atom stereocenters. The molecule has 0 saturated carbocycles. The van der Waals surface area contributed by atoms with Crippen molar-refractivity contribution < 1.29 is 0 Å². The number of hydrogen-bond acceptors (Lipinski definition) is 3. The second-order valence-electron chi connectivity index (χ2n) is 7.95. The van der Waals surface area contributed by atoms with Crippen LogP contribution < -0.4 is 10.2 Å². The van der Waals surface area contributed by atoms with Crippen LogP contribution in [0.2, 0.25) is 29.7 Å². The summed E-state index contributed by atoms with van der Waals surface area (Å²) in [6.07, 6.45) is 2.97. The number of pyridine rings is 1. The van der Waals surface area contributed by atoms with Gasteiger partial charge in [0.25, 0.3) is 0 Å². The van der Waals surface area contributed by atoms with E-state index in [-0.39, 0.29) is 0 Å². The van der Waals surface area contributed by atoms with Crippen molar-refractivity contribution in [2.75, 3.05) is 18.0 Å². The molecule has 1 aromatic carbocycles. The van der Waals surface area contributed by atoms with Crippen LogP contribution in [0.4, 0.5) is 5.82 Å². The molecule has 0 bridgehead atoms. The third kappa shape index (κ3) is 5.98. The van der Waals surface area contributed by atoms with E-state index in [0.717, 1.165) is 43.0 Å². The largest absolute Gasteiger partial charge is 0.355 e. The van der Waals surface area contributed by atoms with Gasteiger partial charge in [0.15, 0.2) is 0 Å². The summed E-state index contributed by atoms with van der Waals surface area (Å²) in [7, 11) is -1.36. The van der Waals surface area contributed by atoms with Gasteiger partial charge in [0.2, 0.25) is 0 Å². The lowest BCUT2D eigenvalue weighted by molar-refractivity contribution is 0.551. The Morgan fingerprint density at radius 1 is 1.22 bits per heavy atom. The Balaban J connectivity index is 1.55. The number of hydrogen-bond donors (Lipinski definition) is 1. The summed E-state index contributed by atoms with van der Waals surface area (Å²) in [6.45, 7) is 9.42. The van der Waals surface area contributed by atoms with Crippen molar-refractivity contribution >= 4 is 37.1 Å². The number of anilines is 1. The number of rotatable bonds is 4. The predicted octanol–water partition coefficient (Wildman–Crippen LogP) is 4.99. The Kier molecular flexibility index (Phi) is 6.49. The molecule has 6 heteroatoms. The van der Waals surface area contributed by atoms with Crippen LogP contribution in [0.25, 0.3) is 0 Å². The van der Waals surface area contributed by atoms with Gasteiger partial charge in [-0.15, -0.1) is 5.54 Å². The lowest BCUT2D eigenvalue weighted by Crippen LogP contribution is -2.32. The average molecular weight is 418 g/mol. The van der Waals surface area contributed by atoms with Crippen LogP contribution in [-0.2, 0) is 6.54 Å². The van der Waals surface area contributed by atoms with Gasteiger partial charge in [-0.2, -0.15) is 0 Å². The van der Waals surface area contributed by atoms with Gasteiger partial charge in [0.1, 0.15) is 13.9 Å². The molecule has 0 amide bonds. The zero-order valence-corrected chi connectivity index (χ0v) is 18.5. The minimum Gasteiger partial charge on any atom is -0.355 e. The molecule has 142 valence electrons. The van der Waals surface area contributed by atoms with Gasteiger partial charge in [-0.3, -0.25) is 0 Å². The molecule has 1 aliphatic heterocycles. The minimum atomic E-state index is -1.36. The first-order valence-corrected chi connectivity index (χ1v) is 13.5. The first-order valence-electron chi connectivity index (χ1n) is 9.22. The number of benzene rings is 1. The van der Waals surface area contributed by atoms with E-state index in [4.69, 9.17) is 23.2 Å². The van der Waals surface area contributed by atoms with E-state index in [1.807, 2.05) is 18.3 Å². The Hall–Kier alpha value is -1.51. The number of nitrogens with one attached hydrogen (secondary N) is 1. The van der Waals surface area contributed by atoms with Crippen LogP contribution in [0, 0.1) is 11.5 Å². The normalized spacial score (nSPS) is 16.9. The molecule has 1 aromatic heterocycles. The van der Waals surface area contributed by atoms with Gasteiger partial charge in [-0.25, -0.2) is 4.98 Å². The van der Waals surface area contributed by atoms with Gasteiger partial charge >= 0.3 is 0 Å². The van der Waals surface area contributed by atoms with Crippen molar-refractivity contribution in [3.05, 3.63) is 57.7 Å². The van der Waals surface area contributed by atoms with Gasteiger partial charge in [0.05, 0.1) is 0 Å². The van der Waals surface area contributed by atoms with E-state index in [2.05, 4.69) is 58.4 Å². The first-order chi connectivity index (χ1) is 12.8. The Morgan fingerprint density at radius 2 is 2.04 bits per heavy atom. The molecule has 2 aromatic rings. The maximum atomic E-state index is 6.25. The molecule has 1 N–H and O–H groups in total. The Bertz CT molecular complexity index is 850. The highest BCUT2D eigenvalue weighted by atomic mass is 35.5. The highest BCUT2D eigenvalue weighted by molar-refractivity contribution is 6.83. The summed E-state index contributed by atoms with van der Waals surface area (Å²) < 4.78 is 0. The fraction of sp³-hybridized carbons (Fsp3) is 0.381. The van der Waals surface area contributed by atoms with Crippen LogP contribution in [-0.4, -0.2) is 32.2 Å². The van der Waals surface area contributed by atoms with Crippen LogP contribution in [0.3, 0.4) is 0 Å². The van der Waals surface area contributed by atoms with Crippen LogP contribution >= 0.6 is 23.2 Å². The summed E-state index contributed by atoms with van der Waals surface area (Å²) in [5.74, 6) is 4.27. The molecular weight excluding hydrogens is 393 g/mol. The lowest BCUT2D eigenvalue weighted by atomic mass is 10.2. The number of aromatic nitrogens is 1. The van der Waals surface area contributed by atoms with Gasteiger partial charge in [-0.05, 0) is 36.2 Å². The first kappa shape index (κ1) is 20.2. The molecule has 1 saturated heterocycles. The predicted molar refractivity (Wildman–Crippen MR) is 118 cm³/mol. The van der Waals surface area contributed by atoms with E-state index < -0.39 is 8.07 Å². The van der Waals surface area contributed by atoms with Crippen molar-refractivity contribution in [2.24, 2.45) is 0 Å². The highest BCUT2D eigenvalue weighted by Crippen LogP contribution is 2.22. The number of nitrogens with zero attached hydrogens (tertiary/aromatic N) is 2. The topological polar surface area (TPSA) is 28.2 Å². The maximum absolute atomic E-state index is 6.25. The quantitative estimate of drug-likeness (QED) is 0.560. The second-order valence-corrected chi connectivity index (χ2v) is 13.5. The SMILES string of the molecule is C[Si](C)(C)C#Cc1ccc(N2CC[C@H](NCc3ccc(Cl)cc3Cl)C2)nc1. The van der Waals surface area contributed by atoms with Crippen molar-refractivity contribution in [1.82, 2.24) is 10.3 Å². The standard InChI is InChI=1S/C21H25Cl2N3Si/c1-27(2,3)11-9-16-4-7-21(25-13-16)26-10-8-19(15-26)24-14-17-5-6-18(22)12-20(17)23/h4-7,12-13,19,24H,8,10,14-15H2,1-3H3/t19-/m0/s1. The molecule has 1 fully saturated rings. The van der Waals surface area contributed by atoms with Gasteiger partial charge in [-0.1, -0.05) is 54.8 Å². The molecule has 3 rings (SSSR count). The average Bonchev–Trinajstić information content (AvgIpc) is 3.08. The van der Waals surface area contributed by atoms with E-state index in [1.54, 1.807) is 6.07 Å². The summed E-state index contributed by atoms with van der Waals surface area (Å²) in [4.78, 5) is 6.93. The fourth-order valence-corrected chi connectivity index (χ4v) is 3.96. The van der Waals surface area contributed by atoms with Crippen LogP contribution in [0.15, 0.2) is 36.5 Å². The molecule has 1 aliphatic rings. The monoisotopic (exact) mass is 417 g/mol. The molecule has 3 nitrogen and oxygen atoms in total. The summed E-state index contributed by atoms with van der Waals surface area (Å²) in [5, 5.41) is 4.97. The third-order valence-corrected chi connectivity index (χ3v) is 5.90. The summed E-state index contributed by atoms with van der Waals surface area (Å²) in [6, 6.07) is 10.2. The smallest absolute Gasteiger partial charge is 0.129 e. The van der Waals surface area contributed by atoms with Gasteiger partial charge < -0.3 is 10.2 Å². The zero-order valence-electron chi connectivity index (χ0n) is 16.0. The molecule has 27 heavy (non-hydrogen) atoms.